The lowest BCUT2D eigenvalue weighted by Crippen LogP contribution is -2.48. The first-order valence-electron chi connectivity index (χ1n) is 6.71. The van der Waals surface area contributed by atoms with Crippen molar-refractivity contribution in [1.82, 2.24) is 4.90 Å². The number of carbonyl (C=O) groups excluding carboxylic acids is 1. The van der Waals surface area contributed by atoms with Crippen molar-refractivity contribution in [2.45, 2.75) is 38.6 Å². The standard InChI is InChI=1S/C14H21NO2S/c1-2-12-11-17-9-8-15(12)14(16)7-3-5-13-6-4-10-18-13/h4,6,10,12H,2-3,5,7-9,11H2,1H3/t12-/m0/s1. The molecular weight excluding hydrogens is 246 g/mol. The molecule has 1 aromatic rings. The highest BCUT2D eigenvalue weighted by Crippen LogP contribution is 2.15. The number of nitrogens with zero attached hydrogens (tertiary/aromatic N) is 1. The molecular formula is C14H21NO2S. The van der Waals surface area contributed by atoms with E-state index < -0.39 is 0 Å². The van der Waals surface area contributed by atoms with Gasteiger partial charge in [0.2, 0.25) is 5.91 Å². The summed E-state index contributed by atoms with van der Waals surface area (Å²) in [5.41, 5.74) is 0. The predicted molar refractivity (Wildman–Crippen MR) is 73.9 cm³/mol. The van der Waals surface area contributed by atoms with Gasteiger partial charge in [-0.15, -0.1) is 11.3 Å². The molecule has 0 aromatic carbocycles. The molecule has 18 heavy (non-hydrogen) atoms. The van der Waals surface area contributed by atoms with Gasteiger partial charge in [0.25, 0.3) is 0 Å². The van der Waals surface area contributed by atoms with Crippen LogP contribution in [-0.2, 0) is 16.0 Å². The third kappa shape index (κ3) is 3.56. The molecule has 100 valence electrons. The number of hydrogen-bond acceptors (Lipinski definition) is 3. The molecule has 1 saturated heterocycles. The Morgan fingerprint density at radius 3 is 3.22 bits per heavy atom. The number of ether oxygens (including phenoxy) is 1. The molecule has 1 amide bonds. The Kier molecular flexibility index (Phi) is 5.20. The molecule has 0 bridgehead atoms. The van der Waals surface area contributed by atoms with Gasteiger partial charge in [-0.25, -0.2) is 0 Å². The van der Waals surface area contributed by atoms with Gasteiger partial charge in [-0.1, -0.05) is 13.0 Å². The molecule has 1 aliphatic heterocycles. The molecule has 4 heteroatoms. The topological polar surface area (TPSA) is 29.5 Å². The zero-order valence-corrected chi connectivity index (χ0v) is 11.7. The van der Waals surface area contributed by atoms with Crippen LogP contribution in [0, 0.1) is 0 Å². The summed E-state index contributed by atoms with van der Waals surface area (Å²) in [7, 11) is 0. The predicted octanol–water partition coefficient (Wildman–Crippen LogP) is 2.71. The summed E-state index contributed by atoms with van der Waals surface area (Å²) < 4.78 is 5.42. The van der Waals surface area contributed by atoms with Crippen molar-refractivity contribution in [2.24, 2.45) is 0 Å². The van der Waals surface area contributed by atoms with Crippen molar-refractivity contribution in [2.75, 3.05) is 19.8 Å². The second-order valence-corrected chi connectivity index (χ2v) is 5.69. The zero-order chi connectivity index (χ0) is 12.8. The molecule has 2 heterocycles. The van der Waals surface area contributed by atoms with Crippen LogP contribution in [0.4, 0.5) is 0 Å². The Bertz CT molecular complexity index is 364. The number of thiophene rings is 1. The van der Waals surface area contributed by atoms with Crippen molar-refractivity contribution in [3.63, 3.8) is 0 Å². The van der Waals surface area contributed by atoms with E-state index in [0.717, 1.165) is 25.8 Å². The highest BCUT2D eigenvalue weighted by atomic mass is 32.1. The van der Waals surface area contributed by atoms with Crippen LogP contribution in [0.3, 0.4) is 0 Å². The first-order valence-corrected chi connectivity index (χ1v) is 7.59. The lowest BCUT2D eigenvalue weighted by Gasteiger charge is -2.35. The molecule has 3 nitrogen and oxygen atoms in total. The van der Waals surface area contributed by atoms with Crippen molar-refractivity contribution >= 4 is 17.2 Å². The molecule has 0 aliphatic carbocycles. The number of amides is 1. The fourth-order valence-electron chi connectivity index (χ4n) is 2.33. The zero-order valence-electron chi connectivity index (χ0n) is 10.9. The van der Waals surface area contributed by atoms with E-state index in [1.165, 1.54) is 4.88 Å². The first-order chi connectivity index (χ1) is 8.81. The Morgan fingerprint density at radius 1 is 1.61 bits per heavy atom. The molecule has 0 saturated carbocycles. The van der Waals surface area contributed by atoms with E-state index in [9.17, 15) is 4.79 Å². The van der Waals surface area contributed by atoms with Crippen LogP contribution in [0.15, 0.2) is 17.5 Å². The van der Waals surface area contributed by atoms with Gasteiger partial charge < -0.3 is 9.64 Å². The van der Waals surface area contributed by atoms with E-state index in [2.05, 4.69) is 24.4 Å². The number of carbonyl (C=O) groups is 1. The summed E-state index contributed by atoms with van der Waals surface area (Å²) in [4.78, 5) is 15.6. The Balaban J connectivity index is 1.76. The normalized spacial score (nSPS) is 20.1. The van der Waals surface area contributed by atoms with Crippen LogP contribution in [-0.4, -0.2) is 36.6 Å². The van der Waals surface area contributed by atoms with Gasteiger partial charge in [0.15, 0.2) is 0 Å². The van der Waals surface area contributed by atoms with Crippen LogP contribution < -0.4 is 0 Å². The summed E-state index contributed by atoms with van der Waals surface area (Å²) in [5.74, 6) is 0.293. The fourth-order valence-corrected chi connectivity index (χ4v) is 3.08. The van der Waals surface area contributed by atoms with Crippen molar-refractivity contribution in [1.29, 1.82) is 0 Å². The average molecular weight is 267 g/mol. The largest absolute Gasteiger partial charge is 0.377 e. The number of hydrogen-bond donors (Lipinski definition) is 0. The minimum absolute atomic E-state index is 0.285. The summed E-state index contributed by atoms with van der Waals surface area (Å²) in [5, 5.41) is 2.09. The second kappa shape index (κ2) is 6.90. The van der Waals surface area contributed by atoms with Gasteiger partial charge in [0.1, 0.15) is 0 Å². The maximum absolute atomic E-state index is 12.2. The molecule has 1 fully saturated rings. The average Bonchev–Trinajstić information content (AvgIpc) is 2.91. The third-order valence-corrected chi connectivity index (χ3v) is 4.35. The first kappa shape index (κ1) is 13.6. The number of morpholine rings is 1. The molecule has 0 spiro atoms. The smallest absolute Gasteiger partial charge is 0.222 e. The van der Waals surface area contributed by atoms with Gasteiger partial charge in [-0.3, -0.25) is 4.79 Å². The second-order valence-electron chi connectivity index (χ2n) is 4.66. The van der Waals surface area contributed by atoms with Crippen LogP contribution >= 0.6 is 11.3 Å². The molecule has 0 unspecified atom stereocenters. The van der Waals surface area contributed by atoms with Gasteiger partial charge >= 0.3 is 0 Å². The van der Waals surface area contributed by atoms with Gasteiger partial charge in [0.05, 0.1) is 19.3 Å². The molecule has 1 aromatic heterocycles. The fraction of sp³-hybridized carbons (Fsp3) is 0.643. The molecule has 0 N–H and O–H groups in total. The SMILES string of the molecule is CC[C@H]1COCCN1C(=O)CCCc1cccs1. The van der Waals surface area contributed by atoms with Gasteiger partial charge in [0, 0.05) is 17.8 Å². The van der Waals surface area contributed by atoms with E-state index in [1.807, 2.05) is 4.90 Å². The van der Waals surface area contributed by atoms with Crippen LogP contribution in [0.2, 0.25) is 0 Å². The van der Waals surface area contributed by atoms with Crippen molar-refractivity contribution < 1.29 is 9.53 Å². The van der Waals surface area contributed by atoms with Crippen LogP contribution in [0.1, 0.15) is 31.1 Å². The monoisotopic (exact) mass is 267 g/mol. The maximum Gasteiger partial charge on any atom is 0.222 e. The molecule has 2 rings (SSSR count). The van der Waals surface area contributed by atoms with Gasteiger partial charge in [-0.05, 0) is 30.7 Å². The molecule has 1 atom stereocenters. The number of aryl methyl sites for hydroxylation is 1. The van der Waals surface area contributed by atoms with E-state index in [4.69, 9.17) is 4.74 Å². The third-order valence-electron chi connectivity index (χ3n) is 3.41. The van der Waals surface area contributed by atoms with Crippen molar-refractivity contribution in [3.05, 3.63) is 22.4 Å². The minimum Gasteiger partial charge on any atom is -0.377 e. The summed E-state index contributed by atoms with van der Waals surface area (Å²) in [6, 6.07) is 4.49. The van der Waals surface area contributed by atoms with Crippen LogP contribution in [0.5, 0.6) is 0 Å². The van der Waals surface area contributed by atoms with E-state index >= 15 is 0 Å². The lowest BCUT2D eigenvalue weighted by molar-refractivity contribution is -0.140. The van der Waals surface area contributed by atoms with E-state index in [0.29, 0.717) is 25.5 Å². The number of rotatable bonds is 5. The van der Waals surface area contributed by atoms with E-state index in [-0.39, 0.29) is 6.04 Å². The molecule has 0 radical (unpaired) electrons. The summed E-state index contributed by atoms with van der Waals surface area (Å²) in [6.07, 6.45) is 3.61. The van der Waals surface area contributed by atoms with Gasteiger partial charge in [-0.2, -0.15) is 0 Å². The van der Waals surface area contributed by atoms with Crippen LogP contribution in [0.25, 0.3) is 0 Å². The summed E-state index contributed by atoms with van der Waals surface area (Å²) in [6.45, 7) is 4.27. The Labute approximate surface area is 113 Å². The maximum atomic E-state index is 12.2. The Morgan fingerprint density at radius 2 is 2.50 bits per heavy atom. The lowest BCUT2D eigenvalue weighted by atomic mass is 10.1. The van der Waals surface area contributed by atoms with Crippen molar-refractivity contribution in [3.8, 4) is 0 Å². The summed E-state index contributed by atoms with van der Waals surface area (Å²) >= 11 is 1.77. The molecule has 1 aliphatic rings. The highest BCUT2D eigenvalue weighted by Gasteiger charge is 2.25. The quantitative estimate of drug-likeness (QED) is 0.821. The highest BCUT2D eigenvalue weighted by molar-refractivity contribution is 7.09. The van der Waals surface area contributed by atoms with E-state index in [1.54, 1.807) is 11.3 Å². The Hall–Kier alpha value is -0.870. The minimum atomic E-state index is 0.285.